The molecule has 5 rings (SSSR count). The zero-order valence-corrected chi connectivity index (χ0v) is 17.0. The van der Waals surface area contributed by atoms with Crippen molar-refractivity contribution in [2.75, 3.05) is 26.8 Å². The van der Waals surface area contributed by atoms with Crippen molar-refractivity contribution in [3.05, 3.63) is 64.1 Å². The summed E-state index contributed by atoms with van der Waals surface area (Å²) in [6, 6.07) is 8.20. The SMILES string of the molecule is Cc1cnccc1C1(Cn2c3c(c4cc(Cl)ccc42)CN(C)CC3)OCCO1. The minimum Gasteiger partial charge on any atom is -0.342 e. The first-order valence-corrected chi connectivity index (χ1v) is 10.1. The standard InChI is InChI=1S/C22H24ClN3O2/c1-15-12-24-7-5-19(15)22(27-9-10-28-22)14-26-20-4-3-16(23)11-17(20)18-13-25(2)8-6-21(18)26/h3-5,7,11-12H,6,8-10,13-14H2,1-2H3. The Morgan fingerprint density at radius 1 is 1.21 bits per heavy atom. The summed E-state index contributed by atoms with van der Waals surface area (Å²) in [5, 5.41) is 2.00. The minimum absolute atomic E-state index is 0.595. The zero-order chi connectivity index (χ0) is 19.3. The summed E-state index contributed by atoms with van der Waals surface area (Å²) in [4.78, 5) is 6.60. The predicted octanol–water partition coefficient (Wildman–Crippen LogP) is 3.89. The molecule has 0 amide bonds. The molecule has 2 aliphatic heterocycles. The highest BCUT2D eigenvalue weighted by Crippen LogP contribution is 2.39. The largest absolute Gasteiger partial charge is 0.342 e. The summed E-state index contributed by atoms with van der Waals surface area (Å²) in [5.41, 5.74) is 6.05. The molecule has 0 bridgehead atoms. The number of aryl methyl sites for hydroxylation is 1. The molecule has 0 spiro atoms. The van der Waals surface area contributed by atoms with Crippen molar-refractivity contribution < 1.29 is 9.47 Å². The van der Waals surface area contributed by atoms with Gasteiger partial charge in [-0.15, -0.1) is 0 Å². The summed E-state index contributed by atoms with van der Waals surface area (Å²) in [5.74, 6) is -0.782. The molecule has 3 aromatic rings. The maximum absolute atomic E-state index is 6.34. The number of pyridine rings is 1. The molecule has 2 aliphatic rings. The number of fused-ring (bicyclic) bond motifs is 3. The van der Waals surface area contributed by atoms with Crippen molar-refractivity contribution in [1.82, 2.24) is 14.5 Å². The second kappa shape index (κ2) is 6.85. The molecule has 0 N–H and O–H groups in total. The van der Waals surface area contributed by atoms with Crippen molar-refractivity contribution >= 4 is 22.5 Å². The minimum atomic E-state index is -0.782. The Labute approximate surface area is 169 Å². The van der Waals surface area contributed by atoms with Gasteiger partial charge in [-0.05, 0) is 49.4 Å². The van der Waals surface area contributed by atoms with Gasteiger partial charge in [0.1, 0.15) is 0 Å². The van der Waals surface area contributed by atoms with E-state index < -0.39 is 5.79 Å². The second-order valence-electron chi connectivity index (χ2n) is 7.80. The molecule has 28 heavy (non-hydrogen) atoms. The van der Waals surface area contributed by atoms with Crippen molar-refractivity contribution in [2.24, 2.45) is 0 Å². The third kappa shape index (κ3) is 2.85. The molecule has 0 aliphatic carbocycles. The van der Waals surface area contributed by atoms with Gasteiger partial charge < -0.3 is 18.9 Å². The van der Waals surface area contributed by atoms with E-state index in [1.165, 1.54) is 22.2 Å². The summed E-state index contributed by atoms with van der Waals surface area (Å²) in [6.07, 6.45) is 4.69. The van der Waals surface area contributed by atoms with Crippen LogP contribution in [-0.2, 0) is 34.8 Å². The smallest absolute Gasteiger partial charge is 0.213 e. The van der Waals surface area contributed by atoms with Crippen LogP contribution in [0.15, 0.2) is 36.7 Å². The third-order valence-corrected chi connectivity index (χ3v) is 6.19. The van der Waals surface area contributed by atoms with Crippen LogP contribution in [0.2, 0.25) is 5.02 Å². The van der Waals surface area contributed by atoms with E-state index in [0.717, 1.165) is 35.7 Å². The Morgan fingerprint density at radius 2 is 2.04 bits per heavy atom. The molecule has 0 unspecified atom stereocenters. The average molecular weight is 398 g/mol. The summed E-state index contributed by atoms with van der Waals surface area (Å²) >= 11 is 6.34. The van der Waals surface area contributed by atoms with Crippen molar-refractivity contribution in [3.8, 4) is 0 Å². The van der Waals surface area contributed by atoms with Crippen LogP contribution in [0.1, 0.15) is 22.4 Å². The highest BCUT2D eigenvalue weighted by molar-refractivity contribution is 6.31. The maximum Gasteiger partial charge on any atom is 0.213 e. The lowest BCUT2D eigenvalue weighted by molar-refractivity contribution is -0.176. The molecule has 146 valence electrons. The van der Waals surface area contributed by atoms with Gasteiger partial charge >= 0.3 is 0 Å². The van der Waals surface area contributed by atoms with Crippen molar-refractivity contribution in [3.63, 3.8) is 0 Å². The number of hydrogen-bond donors (Lipinski definition) is 0. The molecular weight excluding hydrogens is 374 g/mol. The molecule has 2 aromatic heterocycles. The van der Waals surface area contributed by atoms with Crippen LogP contribution in [0.5, 0.6) is 0 Å². The molecule has 5 nitrogen and oxygen atoms in total. The van der Waals surface area contributed by atoms with E-state index >= 15 is 0 Å². The maximum atomic E-state index is 6.34. The number of halogens is 1. The molecule has 1 aromatic carbocycles. The van der Waals surface area contributed by atoms with Gasteiger partial charge in [-0.1, -0.05) is 11.6 Å². The Balaban J connectivity index is 1.68. The molecule has 0 radical (unpaired) electrons. The van der Waals surface area contributed by atoms with E-state index in [4.69, 9.17) is 21.1 Å². The van der Waals surface area contributed by atoms with Crippen LogP contribution in [0.3, 0.4) is 0 Å². The van der Waals surface area contributed by atoms with E-state index in [0.29, 0.717) is 19.8 Å². The van der Waals surface area contributed by atoms with Crippen LogP contribution in [0.25, 0.3) is 10.9 Å². The zero-order valence-electron chi connectivity index (χ0n) is 16.2. The average Bonchev–Trinajstić information content (AvgIpc) is 3.26. The van der Waals surface area contributed by atoms with Gasteiger partial charge in [0.15, 0.2) is 0 Å². The fourth-order valence-corrected chi connectivity index (χ4v) is 4.81. The fourth-order valence-electron chi connectivity index (χ4n) is 4.63. The Bertz CT molecular complexity index is 1040. The van der Waals surface area contributed by atoms with Gasteiger partial charge in [-0.2, -0.15) is 0 Å². The van der Waals surface area contributed by atoms with Crippen molar-refractivity contribution in [2.45, 2.75) is 32.2 Å². The molecule has 0 atom stereocenters. The van der Waals surface area contributed by atoms with Crippen LogP contribution in [-0.4, -0.2) is 41.3 Å². The van der Waals surface area contributed by atoms with Gasteiger partial charge in [0, 0.05) is 59.1 Å². The summed E-state index contributed by atoms with van der Waals surface area (Å²) in [6.45, 7) is 5.85. The van der Waals surface area contributed by atoms with Crippen molar-refractivity contribution in [1.29, 1.82) is 0 Å². The van der Waals surface area contributed by atoms with Gasteiger partial charge in [0.25, 0.3) is 0 Å². The van der Waals surface area contributed by atoms with Gasteiger partial charge in [-0.25, -0.2) is 0 Å². The Hall–Kier alpha value is -1.92. The number of aromatic nitrogens is 2. The molecule has 6 heteroatoms. The van der Waals surface area contributed by atoms with Crippen LogP contribution >= 0.6 is 11.6 Å². The van der Waals surface area contributed by atoms with E-state index in [-0.39, 0.29) is 0 Å². The first-order valence-electron chi connectivity index (χ1n) is 9.74. The van der Waals surface area contributed by atoms with E-state index in [9.17, 15) is 0 Å². The normalized spacial score (nSPS) is 19.2. The molecule has 1 fully saturated rings. The number of ether oxygens (including phenoxy) is 2. The van der Waals surface area contributed by atoms with E-state index in [2.05, 4.69) is 40.6 Å². The topological polar surface area (TPSA) is 39.5 Å². The Kier molecular flexibility index (Phi) is 4.43. The van der Waals surface area contributed by atoms with Crippen LogP contribution in [0.4, 0.5) is 0 Å². The van der Waals surface area contributed by atoms with Gasteiger partial charge in [0.05, 0.1) is 19.8 Å². The quantitative estimate of drug-likeness (QED) is 0.672. The first-order chi connectivity index (χ1) is 13.6. The number of likely N-dealkylation sites (N-methyl/N-ethyl adjacent to an activating group) is 1. The van der Waals surface area contributed by atoms with Gasteiger partial charge in [0.2, 0.25) is 5.79 Å². The number of benzene rings is 1. The number of hydrogen-bond acceptors (Lipinski definition) is 4. The summed E-state index contributed by atoms with van der Waals surface area (Å²) < 4.78 is 14.9. The lowest BCUT2D eigenvalue weighted by atomic mass is 10.0. The lowest BCUT2D eigenvalue weighted by Crippen LogP contribution is -2.35. The van der Waals surface area contributed by atoms with Crippen LogP contribution in [0, 0.1) is 6.92 Å². The van der Waals surface area contributed by atoms with E-state index in [1.54, 1.807) is 0 Å². The third-order valence-electron chi connectivity index (χ3n) is 5.96. The van der Waals surface area contributed by atoms with E-state index in [1.807, 2.05) is 24.5 Å². The number of rotatable bonds is 3. The predicted molar refractivity (Wildman–Crippen MR) is 110 cm³/mol. The van der Waals surface area contributed by atoms with Crippen LogP contribution < -0.4 is 0 Å². The highest BCUT2D eigenvalue weighted by Gasteiger charge is 2.41. The first kappa shape index (κ1) is 18.1. The summed E-state index contributed by atoms with van der Waals surface area (Å²) in [7, 11) is 2.17. The van der Waals surface area contributed by atoms with Gasteiger partial charge in [-0.3, -0.25) is 4.98 Å². The molecular formula is C22H24ClN3O2. The highest BCUT2D eigenvalue weighted by atomic mass is 35.5. The molecule has 0 saturated carbocycles. The number of nitrogens with zero attached hydrogens (tertiary/aromatic N) is 3. The Morgan fingerprint density at radius 3 is 2.82 bits per heavy atom. The molecule has 1 saturated heterocycles. The monoisotopic (exact) mass is 397 g/mol. The fraction of sp³-hybridized carbons (Fsp3) is 0.409. The lowest BCUT2D eigenvalue weighted by Gasteiger charge is -2.32. The molecule has 4 heterocycles. The second-order valence-corrected chi connectivity index (χ2v) is 8.24.